The van der Waals surface area contributed by atoms with Gasteiger partial charge in [0.1, 0.15) is 0 Å². The molecule has 1 aliphatic rings. The lowest BCUT2D eigenvalue weighted by atomic mass is 10.0. The summed E-state index contributed by atoms with van der Waals surface area (Å²) >= 11 is 0. The van der Waals surface area contributed by atoms with Gasteiger partial charge in [0.05, 0.1) is 5.56 Å². The second-order valence-electron chi connectivity index (χ2n) is 3.69. The molecule has 0 saturated carbocycles. The van der Waals surface area contributed by atoms with Gasteiger partial charge in [-0.3, -0.25) is 0 Å². The van der Waals surface area contributed by atoms with Crippen molar-refractivity contribution >= 4 is 5.71 Å². The second-order valence-corrected chi connectivity index (χ2v) is 3.69. The number of aliphatic imine (C=N–C) groups is 1. The molecule has 1 atom stereocenters. The first-order valence-corrected chi connectivity index (χ1v) is 5.13. The molecular formula is C14H11N+. The minimum Gasteiger partial charge on any atom is -0.0622 e. The van der Waals surface area contributed by atoms with Gasteiger partial charge in [-0.15, -0.1) is 0 Å². The quantitative estimate of drug-likeness (QED) is 0.696. The van der Waals surface area contributed by atoms with Gasteiger partial charge in [0.2, 0.25) is 0 Å². The Kier molecular flexibility index (Phi) is 1.88. The largest absolute Gasteiger partial charge is 0.334 e. The Balaban J connectivity index is 1.83. The van der Waals surface area contributed by atoms with E-state index in [0.717, 1.165) is 0 Å². The summed E-state index contributed by atoms with van der Waals surface area (Å²) in [6.07, 6.45) is 0. The summed E-state index contributed by atoms with van der Waals surface area (Å²) in [5, 5.41) is 0. The normalized spacial score (nSPS) is 18.4. The summed E-state index contributed by atoms with van der Waals surface area (Å²) in [6.45, 7) is 0. The summed E-state index contributed by atoms with van der Waals surface area (Å²) in [5.41, 5.74) is 3.74. The average Bonchev–Trinajstić information content (AvgIpc) is 3.11. The third-order valence-corrected chi connectivity index (χ3v) is 2.64. The van der Waals surface area contributed by atoms with E-state index in [1.165, 1.54) is 16.8 Å². The van der Waals surface area contributed by atoms with Crippen molar-refractivity contribution in [2.75, 3.05) is 0 Å². The summed E-state index contributed by atoms with van der Waals surface area (Å²) in [5.74, 6) is 0. The molecule has 0 aliphatic carbocycles. The monoisotopic (exact) mass is 193 g/mol. The first-order valence-electron chi connectivity index (χ1n) is 5.13. The van der Waals surface area contributed by atoms with Crippen molar-refractivity contribution in [3.63, 3.8) is 0 Å². The van der Waals surface area contributed by atoms with Crippen LogP contribution in [0.15, 0.2) is 60.7 Å². The molecule has 1 nitrogen and oxygen atoms in total. The second kappa shape index (κ2) is 3.35. The summed E-state index contributed by atoms with van der Waals surface area (Å²) in [4.78, 5) is 4.51. The van der Waals surface area contributed by atoms with E-state index in [2.05, 4.69) is 53.5 Å². The van der Waals surface area contributed by atoms with Crippen LogP contribution < -0.4 is 4.99 Å². The lowest BCUT2D eigenvalue weighted by Gasteiger charge is -1.88. The molecule has 0 fully saturated rings. The maximum Gasteiger partial charge on any atom is 0.334 e. The molecule has 0 amide bonds. The van der Waals surface area contributed by atoms with Gasteiger partial charge in [-0.2, -0.15) is 0 Å². The van der Waals surface area contributed by atoms with Crippen LogP contribution in [0.5, 0.6) is 0 Å². The molecule has 0 aromatic heterocycles. The van der Waals surface area contributed by atoms with Crippen LogP contribution in [-0.4, -0.2) is 5.71 Å². The zero-order chi connectivity index (χ0) is 10.1. The van der Waals surface area contributed by atoms with Crippen molar-refractivity contribution in [2.24, 2.45) is 0 Å². The lowest BCUT2D eigenvalue weighted by Crippen LogP contribution is -1.92. The van der Waals surface area contributed by atoms with E-state index in [-0.39, 0.29) is 0 Å². The van der Waals surface area contributed by atoms with Gasteiger partial charge >= 0.3 is 11.8 Å². The smallest absolute Gasteiger partial charge is 0.0622 e. The van der Waals surface area contributed by atoms with Crippen LogP contribution in [-0.2, 0) is 0 Å². The number of rotatable bonds is 2. The highest BCUT2D eigenvalue weighted by atomic mass is 15.0. The van der Waals surface area contributed by atoms with Crippen LogP contribution in [0.25, 0.3) is 0 Å². The summed E-state index contributed by atoms with van der Waals surface area (Å²) in [7, 11) is 0. The van der Waals surface area contributed by atoms with E-state index in [1.807, 2.05) is 12.1 Å². The Hall–Kier alpha value is -1.89. The molecule has 71 valence electrons. The van der Waals surface area contributed by atoms with Crippen molar-refractivity contribution in [1.82, 2.24) is 4.99 Å². The molecule has 1 heterocycles. The Morgan fingerprint density at radius 3 is 2.00 bits per heavy atom. The Morgan fingerprint density at radius 1 is 0.733 bits per heavy atom. The SMILES string of the molecule is c1ccc(C2=[N+]C2c2ccccc2)cc1. The zero-order valence-corrected chi connectivity index (χ0v) is 8.30. The van der Waals surface area contributed by atoms with E-state index in [1.54, 1.807) is 0 Å². The van der Waals surface area contributed by atoms with Crippen LogP contribution in [0.1, 0.15) is 17.2 Å². The summed E-state index contributed by atoms with van der Waals surface area (Å²) in [6, 6.07) is 21.1. The highest BCUT2D eigenvalue weighted by Gasteiger charge is 2.49. The Bertz CT molecular complexity index is 485. The minimum absolute atomic E-state index is 0.300. The van der Waals surface area contributed by atoms with Crippen molar-refractivity contribution < 1.29 is 0 Å². The van der Waals surface area contributed by atoms with E-state index in [0.29, 0.717) is 6.04 Å². The standard InChI is InChI=1S/C14H11N/c1-3-7-11(8-4-1)13-14(15-13)12-9-5-2-6-10-12/h1-10,13H/q+1. The molecule has 3 rings (SSSR count). The zero-order valence-electron chi connectivity index (χ0n) is 8.30. The number of hydrogen-bond donors (Lipinski definition) is 0. The fourth-order valence-electron chi connectivity index (χ4n) is 1.81. The molecule has 1 unspecified atom stereocenters. The molecule has 1 radical (unpaired) electrons. The number of hydrogen-bond acceptors (Lipinski definition) is 1. The third kappa shape index (κ3) is 1.57. The molecule has 0 saturated heterocycles. The average molecular weight is 193 g/mol. The van der Waals surface area contributed by atoms with Crippen LogP contribution in [0.3, 0.4) is 0 Å². The number of benzene rings is 2. The van der Waals surface area contributed by atoms with Crippen molar-refractivity contribution in [3.8, 4) is 0 Å². The van der Waals surface area contributed by atoms with Crippen molar-refractivity contribution in [1.29, 1.82) is 0 Å². The summed E-state index contributed by atoms with van der Waals surface area (Å²) < 4.78 is 0. The van der Waals surface area contributed by atoms with E-state index >= 15 is 0 Å². The van der Waals surface area contributed by atoms with Crippen LogP contribution in [0.4, 0.5) is 0 Å². The van der Waals surface area contributed by atoms with Gasteiger partial charge in [0.25, 0.3) is 0 Å². The first-order chi connectivity index (χ1) is 7.45. The molecule has 15 heavy (non-hydrogen) atoms. The topological polar surface area (TPSA) is 14.1 Å². The van der Waals surface area contributed by atoms with Gasteiger partial charge in [-0.1, -0.05) is 48.5 Å². The van der Waals surface area contributed by atoms with E-state index < -0.39 is 0 Å². The molecule has 0 N–H and O–H groups in total. The third-order valence-electron chi connectivity index (χ3n) is 2.64. The van der Waals surface area contributed by atoms with E-state index in [9.17, 15) is 0 Å². The van der Waals surface area contributed by atoms with Crippen LogP contribution in [0.2, 0.25) is 0 Å². The fourth-order valence-corrected chi connectivity index (χ4v) is 1.81. The van der Waals surface area contributed by atoms with Crippen molar-refractivity contribution in [2.45, 2.75) is 6.04 Å². The number of nitrogens with zero attached hydrogens (tertiary/aromatic N) is 1. The Labute approximate surface area is 89.1 Å². The molecule has 2 aromatic rings. The highest BCUT2D eigenvalue weighted by molar-refractivity contribution is 6.12. The van der Waals surface area contributed by atoms with E-state index in [4.69, 9.17) is 0 Å². The molecule has 0 bridgehead atoms. The molecule has 2 aromatic carbocycles. The van der Waals surface area contributed by atoms with Gasteiger partial charge < -0.3 is 0 Å². The highest BCUT2D eigenvalue weighted by Crippen LogP contribution is 2.26. The van der Waals surface area contributed by atoms with Crippen LogP contribution >= 0.6 is 0 Å². The van der Waals surface area contributed by atoms with Gasteiger partial charge in [-0.05, 0) is 12.1 Å². The molecule has 1 heteroatoms. The first kappa shape index (κ1) is 8.42. The predicted molar refractivity (Wildman–Crippen MR) is 61.9 cm³/mol. The molecular weight excluding hydrogens is 182 g/mol. The fraction of sp³-hybridized carbons (Fsp3) is 0.0714. The maximum absolute atomic E-state index is 4.51. The maximum atomic E-state index is 4.51. The Morgan fingerprint density at radius 2 is 1.33 bits per heavy atom. The van der Waals surface area contributed by atoms with Gasteiger partial charge in [0, 0.05) is 10.6 Å². The van der Waals surface area contributed by atoms with Gasteiger partial charge in [-0.25, -0.2) is 0 Å². The molecule has 1 aliphatic heterocycles. The minimum atomic E-state index is 0.300. The van der Waals surface area contributed by atoms with Gasteiger partial charge in [0.15, 0.2) is 0 Å². The lowest BCUT2D eigenvalue weighted by molar-refractivity contribution is 1.05. The molecule has 0 spiro atoms. The van der Waals surface area contributed by atoms with Crippen LogP contribution in [0, 0.1) is 0 Å². The predicted octanol–water partition coefficient (Wildman–Crippen LogP) is 2.57. The van der Waals surface area contributed by atoms with Crippen molar-refractivity contribution in [3.05, 3.63) is 71.8 Å².